The van der Waals surface area contributed by atoms with E-state index < -0.39 is 0 Å². The van der Waals surface area contributed by atoms with Crippen molar-refractivity contribution in [3.63, 3.8) is 0 Å². The van der Waals surface area contributed by atoms with Gasteiger partial charge in [0.25, 0.3) is 5.91 Å². The van der Waals surface area contributed by atoms with Crippen LogP contribution in [0.15, 0.2) is 18.2 Å². The Morgan fingerprint density at radius 2 is 2.30 bits per heavy atom. The molecule has 0 saturated heterocycles. The zero-order chi connectivity index (χ0) is 14.8. The topological polar surface area (TPSA) is 29.1 Å². The second-order valence-electron chi connectivity index (χ2n) is 6.01. The number of carbonyl (C=O) groups is 1. The van der Waals surface area contributed by atoms with Gasteiger partial charge >= 0.3 is 0 Å². The molecule has 1 N–H and O–H groups in total. The van der Waals surface area contributed by atoms with Crippen molar-refractivity contribution in [2.45, 2.75) is 45.1 Å². The number of aryl methyl sites for hydroxylation is 1. The van der Waals surface area contributed by atoms with Crippen LogP contribution in [0.5, 0.6) is 0 Å². The lowest BCUT2D eigenvalue weighted by Crippen LogP contribution is -2.52. The van der Waals surface area contributed by atoms with Crippen LogP contribution in [0.3, 0.4) is 0 Å². The van der Waals surface area contributed by atoms with Crippen molar-refractivity contribution in [1.82, 2.24) is 5.32 Å². The zero-order valence-corrected chi connectivity index (χ0v) is 14.9. The van der Waals surface area contributed by atoms with Gasteiger partial charge in [-0.1, -0.05) is 31.9 Å². The van der Waals surface area contributed by atoms with Crippen molar-refractivity contribution >= 4 is 40.1 Å². The molecule has 2 atom stereocenters. The number of amides is 1. The standard InChI is InChI=1S/C16H21ClINO/c1-11-5-4-8-16(9-11,10-17)19-15(20)13-7-3-6-12(2)14(13)18/h3,6-7,11H,4-5,8-10H2,1-2H3,(H,19,20). The van der Waals surface area contributed by atoms with E-state index in [1.165, 1.54) is 6.42 Å². The van der Waals surface area contributed by atoms with Gasteiger partial charge in [0.1, 0.15) is 0 Å². The van der Waals surface area contributed by atoms with Gasteiger partial charge in [-0.05, 0) is 59.9 Å². The Morgan fingerprint density at radius 3 is 2.95 bits per heavy atom. The van der Waals surface area contributed by atoms with Crippen molar-refractivity contribution in [3.05, 3.63) is 32.9 Å². The van der Waals surface area contributed by atoms with Gasteiger partial charge in [-0.15, -0.1) is 11.6 Å². The Morgan fingerprint density at radius 1 is 1.55 bits per heavy atom. The number of nitrogens with one attached hydrogen (secondary N) is 1. The Hall–Kier alpha value is -0.290. The smallest absolute Gasteiger partial charge is 0.252 e. The molecule has 4 heteroatoms. The Labute approximate surface area is 139 Å². The predicted molar refractivity (Wildman–Crippen MR) is 92.4 cm³/mol. The van der Waals surface area contributed by atoms with Crippen molar-refractivity contribution in [2.75, 3.05) is 5.88 Å². The molecule has 1 fully saturated rings. The molecule has 1 amide bonds. The molecule has 2 nitrogen and oxygen atoms in total. The van der Waals surface area contributed by atoms with Crippen LogP contribution in [-0.2, 0) is 0 Å². The zero-order valence-electron chi connectivity index (χ0n) is 12.0. The van der Waals surface area contributed by atoms with Crippen LogP contribution in [-0.4, -0.2) is 17.3 Å². The first kappa shape index (κ1) is 16.1. The van der Waals surface area contributed by atoms with E-state index in [9.17, 15) is 4.79 Å². The van der Waals surface area contributed by atoms with E-state index in [-0.39, 0.29) is 11.4 Å². The third-order valence-corrected chi connectivity index (χ3v) is 6.11. The molecule has 2 unspecified atom stereocenters. The van der Waals surface area contributed by atoms with Crippen LogP contribution in [0.2, 0.25) is 0 Å². The highest BCUT2D eigenvalue weighted by Crippen LogP contribution is 2.33. The molecule has 1 aliphatic carbocycles. The lowest BCUT2D eigenvalue weighted by molar-refractivity contribution is 0.0866. The average molecular weight is 406 g/mol. The molecular formula is C16H21ClINO. The molecule has 1 aromatic rings. The third-order valence-electron chi connectivity index (χ3n) is 4.16. The number of hydrogen-bond acceptors (Lipinski definition) is 1. The van der Waals surface area contributed by atoms with Crippen molar-refractivity contribution in [1.29, 1.82) is 0 Å². The summed E-state index contributed by atoms with van der Waals surface area (Å²) in [7, 11) is 0. The van der Waals surface area contributed by atoms with Crippen LogP contribution in [0.25, 0.3) is 0 Å². The first-order valence-corrected chi connectivity index (χ1v) is 8.72. The number of benzene rings is 1. The molecule has 0 radical (unpaired) electrons. The summed E-state index contributed by atoms with van der Waals surface area (Å²) in [6.07, 6.45) is 4.33. The molecule has 0 spiro atoms. The maximum Gasteiger partial charge on any atom is 0.252 e. The minimum absolute atomic E-state index is 0.00727. The van der Waals surface area contributed by atoms with Gasteiger partial charge < -0.3 is 5.32 Å². The fourth-order valence-corrected chi connectivity index (χ4v) is 3.97. The van der Waals surface area contributed by atoms with E-state index >= 15 is 0 Å². The Bertz CT molecular complexity index is 505. The summed E-state index contributed by atoms with van der Waals surface area (Å²) in [5.74, 6) is 1.12. The van der Waals surface area contributed by atoms with Gasteiger partial charge in [-0.25, -0.2) is 0 Å². The second-order valence-corrected chi connectivity index (χ2v) is 7.35. The minimum Gasteiger partial charge on any atom is -0.345 e. The molecule has 0 bridgehead atoms. The van der Waals surface area contributed by atoms with E-state index in [1.807, 2.05) is 25.1 Å². The molecule has 0 aromatic heterocycles. The van der Waals surface area contributed by atoms with Crippen molar-refractivity contribution in [3.8, 4) is 0 Å². The molecular weight excluding hydrogens is 385 g/mol. The van der Waals surface area contributed by atoms with Crippen molar-refractivity contribution in [2.24, 2.45) is 5.92 Å². The fourth-order valence-electron chi connectivity index (χ4n) is 3.06. The first-order chi connectivity index (χ1) is 9.47. The van der Waals surface area contributed by atoms with Gasteiger partial charge in [-0.3, -0.25) is 4.79 Å². The number of carbonyl (C=O) groups excluding carboxylic acids is 1. The van der Waals surface area contributed by atoms with Crippen LogP contribution < -0.4 is 5.32 Å². The average Bonchev–Trinajstić information content (AvgIpc) is 2.41. The molecule has 2 rings (SSSR count). The number of hydrogen-bond donors (Lipinski definition) is 1. The molecule has 20 heavy (non-hydrogen) atoms. The van der Waals surface area contributed by atoms with Gasteiger partial charge in [0.15, 0.2) is 0 Å². The highest BCUT2D eigenvalue weighted by atomic mass is 127. The van der Waals surface area contributed by atoms with Crippen LogP contribution >= 0.6 is 34.2 Å². The van der Waals surface area contributed by atoms with Crippen molar-refractivity contribution < 1.29 is 4.79 Å². The molecule has 110 valence electrons. The number of halogens is 2. The lowest BCUT2D eigenvalue weighted by atomic mass is 9.77. The van der Waals surface area contributed by atoms with E-state index in [4.69, 9.17) is 11.6 Å². The first-order valence-electron chi connectivity index (χ1n) is 7.11. The highest BCUT2D eigenvalue weighted by Gasteiger charge is 2.36. The Kier molecular flexibility index (Phi) is 5.35. The van der Waals surface area contributed by atoms with E-state index in [0.717, 1.165) is 34.0 Å². The van der Waals surface area contributed by atoms with Gasteiger partial charge in [0.2, 0.25) is 0 Å². The number of rotatable bonds is 3. The molecule has 0 aliphatic heterocycles. The van der Waals surface area contributed by atoms with Gasteiger partial charge in [0.05, 0.1) is 11.1 Å². The second kappa shape index (κ2) is 6.65. The minimum atomic E-state index is -0.233. The highest BCUT2D eigenvalue weighted by molar-refractivity contribution is 14.1. The van der Waals surface area contributed by atoms with Crippen LogP contribution in [0.1, 0.15) is 48.5 Å². The summed E-state index contributed by atoms with van der Waals surface area (Å²) in [5, 5.41) is 3.22. The summed E-state index contributed by atoms with van der Waals surface area (Å²) in [5.41, 5.74) is 1.66. The molecule has 0 heterocycles. The number of alkyl halides is 1. The normalized spacial score (nSPS) is 26.3. The van der Waals surface area contributed by atoms with Crippen LogP contribution in [0.4, 0.5) is 0 Å². The van der Waals surface area contributed by atoms with Gasteiger partial charge in [-0.2, -0.15) is 0 Å². The summed E-state index contributed by atoms with van der Waals surface area (Å²) in [6.45, 7) is 4.27. The maximum absolute atomic E-state index is 12.6. The molecule has 1 aliphatic rings. The Balaban J connectivity index is 2.19. The van der Waals surface area contributed by atoms with E-state index in [2.05, 4.69) is 34.8 Å². The summed E-state index contributed by atoms with van der Waals surface area (Å²) < 4.78 is 1.02. The van der Waals surface area contributed by atoms with E-state index in [1.54, 1.807) is 0 Å². The predicted octanol–water partition coefficient (Wildman–Crippen LogP) is 4.52. The monoisotopic (exact) mass is 405 g/mol. The molecule has 1 saturated carbocycles. The van der Waals surface area contributed by atoms with E-state index in [0.29, 0.717) is 11.8 Å². The summed E-state index contributed by atoms with van der Waals surface area (Å²) in [4.78, 5) is 12.6. The summed E-state index contributed by atoms with van der Waals surface area (Å²) in [6, 6.07) is 5.85. The third kappa shape index (κ3) is 3.48. The largest absolute Gasteiger partial charge is 0.345 e. The quantitative estimate of drug-likeness (QED) is 0.581. The SMILES string of the molecule is Cc1cccc(C(=O)NC2(CCl)CCCC(C)C2)c1I. The van der Waals surface area contributed by atoms with Crippen LogP contribution in [0, 0.1) is 16.4 Å². The van der Waals surface area contributed by atoms with Gasteiger partial charge in [0, 0.05) is 9.45 Å². The lowest BCUT2D eigenvalue weighted by Gasteiger charge is -2.39. The fraction of sp³-hybridized carbons (Fsp3) is 0.562. The molecule has 1 aromatic carbocycles. The maximum atomic E-state index is 12.6. The summed E-state index contributed by atoms with van der Waals surface area (Å²) >= 11 is 8.43.